The van der Waals surface area contributed by atoms with Crippen LogP contribution in [0, 0.1) is 3.57 Å². The zero-order valence-electron chi connectivity index (χ0n) is 10.2. The van der Waals surface area contributed by atoms with Crippen LogP contribution >= 0.6 is 22.6 Å². The molecule has 19 heavy (non-hydrogen) atoms. The molecule has 0 N–H and O–H groups in total. The molecule has 1 aromatic heterocycles. The molecule has 0 unspecified atom stereocenters. The number of hydrogen-bond donors (Lipinski definition) is 0. The van der Waals surface area contributed by atoms with E-state index in [2.05, 4.69) is 32.6 Å². The Morgan fingerprint density at radius 2 is 1.84 bits per heavy atom. The van der Waals surface area contributed by atoms with Gasteiger partial charge in [0.25, 0.3) is 0 Å². The number of carbonyl (C=O) groups is 1. The number of carbonyl (C=O) groups excluding carboxylic acids is 1. The summed E-state index contributed by atoms with van der Waals surface area (Å²) in [5.74, 6) is 0.217. The molecule has 1 heterocycles. The van der Waals surface area contributed by atoms with Gasteiger partial charge in [-0.1, -0.05) is 0 Å². The van der Waals surface area contributed by atoms with Crippen molar-refractivity contribution in [2.75, 3.05) is 6.61 Å². The molecule has 6 heteroatoms. The average Bonchev–Trinajstić information content (AvgIpc) is 2.42. The summed E-state index contributed by atoms with van der Waals surface area (Å²) in [5.41, 5.74) is 0.484. The van der Waals surface area contributed by atoms with Gasteiger partial charge in [-0.05, 0) is 53.8 Å². The molecule has 1 aromatic carbocycles. The molecule has 0 fully saturated rings. The van der Waals surface area contributed by atoms with E-state index in [1.807, 2.05) is 0 Å². The standard InChI is InChI=1S/C13H11IN2O3/c1-2-18-12(17)9-3-5-11(6-4-9)19-13-15-7-10(14)8-16-13/h3-8H,2H2,1H3. The lowest BCUT2D eigenvalue weighted by molar-refractivity contribution is 0.0526. The van der Waals surface area contributed by atoms with Crippen LogP contribution in [-0.2, 0) is 4.74 Å². The van der Waals surface area contributed by atoms with Gasteiger partial charge in [0.15, 0.2) is 0 Å². The van der Waals surface area contributed by atoms with Crippen LogP contribution in [0.1, 0.15) is 17.3 Å². The molecule has 0 atom stereocenters. The lowest BCUT2D eigenvalue weighted by atomic mass is 10.2. The van der Waals surface area contributed by atoms with Crippen LogP contribution in [-0.4, -0.2) is 22.5 Å². The monoisotopic (exact) mass is 370 g/mol. The van der Waals surface area contributed by atoms with Crippen LogP contribution in [0.4, 0.5) is 0 Å². The molecular formula is C13H11IN2O3. The van der Waals surface area contributed by atoms with Crippen molar-refractivity contribution in [1.29, 1.82) is 0 Å². The zero-order valence-corrected chi connectivity index (χ0v) is 12.3. The Morgan fingerprint density at radius 3 is 2.42 bits per heavy atom. The van der Waals surface area contributed by atoms with Crippen molar-refractivity contribution in [2.24, 2.45) is 0 Å². The molecule has 0 aliphatic carbocycles. The first kappa shape index (κ1) is 13.7. The van der Waals surface area contributed by atoms with E-state index in [-0.39, 0.29) is 12.0 Å². The minimum atomic E-state index is -0.348. The number of halogens is 1. The summed E-state index contributed by atoms with van der Waals surface area (Å²) < 4.78 is 11.3. The van der Waals surface area contributed by atoms with Gasteiger partial charge in [-0.3, -0.25) is 0 Å². The van der Waals surface area contributed by atoms with Gasteiger partial charge in [-0.25, -0.2) is 14.8 Å². The van der Waals surface area contributed by atoms with Gasteiger partial charge in [-0.15, -0.1) is 0 Å². The molecule has 0 spiro atoms. The second kappa shape index (κ2) is 6.46. The van der Waals surface area contributed by atoms with Crippen molar-refractivity contribution in [3.63, 3.8) is 0 Å². The summed E-state index contributed by atoms with van der Waals surface area (Å²) in [7, 11) is 0. The second-order valence-electron chi connectivity index (χ2n) is 3.53. The summed E-state index contributed by atoms with van der Waals surface area (Å²) in [5, 5.41) is 0. The molecule has 0 aliphatic heterocycles. The van der Waals surface area contributed by atoms with E-state index < -0.39 is 0 Å². The molecule has 0 saturated carbocycles. The zero-order chi connectivity index (χ0) is 13.7. The minimum absolute atomic E-state index is 0.268. The molecule has 0 saturated heterocycles. The Kier molecular flexibility index (Phi) is 4.67. The predicted octanol–water partition coefficient (Wildman–Crippen LogP) is 3.05. The van der Waals surface area contributed by atoms with Gasteiger partial charge in [0.05, 0.1) is 12.2 Å². The van der Waals surface area contributed by atoms with Crippen molar-refractivity contribution >= 4 is 28.6 Å². The largest absolute Gasteiger partial charge is 0.462 e. The summed E-state index contributed by atoms with van der Waals surface area (Å²) in [6, 6.07) is 6.89. The van der Waals surface area contributed by atoms with Crippen LogP contribution in [0.2, 0.25) is 0 Å². The topological polar surface area (TPSA) is 61.3 Å². The fourth-order valence-corrected chi connectivity index (χ4v) is 1.61. The number of benzene rings is 1. The molecule has 0 bridgehead atoms. The predicted molar refractivity (Wildman–Crippen MR) is 77.2 cm³/mol. The van der Waals surface area contributed by atoms with Crippen molar-refractivity contribution in [1.82, 2.24) is 9.97 Å². The van der Waals surface area contributed by atoms with Gasteiger partial charge in [0, 0.05) is 16.0 Å². The highest BCUT2D eigenvalue weighted by atomic mass is 127. The van der Waals surface area contributed by atoms with Crippen molar-refractivity contribution < 1.29 is 14.3 Å². The van der Waals surface area contributed by atoms with Crippen LogP contribution in [0.5, 0.6) is 11.8 Å². The van der Waals surface area contributed by atoms with Gasteiger partial charge in [-0.2, -0.15) is 0 Å². The summed E-state index contributed by atoms with van der Waals surface area (Å²) in [6.07, 6.45) is 3.33. The maximum Gasteiger partial charge on any atom is 0.338 e. The lowest BCUT2D eigenvalue weighted by Crippen LogP contribution is -2.04. The van der Waals surface area contributed by atoms with E-state index in [0.29, 0.717) is 17.9 Å². The third-order valence-corrected chi connectivity index (χ3v) is 2.73. The van der Waals surface area contributed by atoms with E-state index in [0.717, 1.165) is 3.57 Å². The molecule has 0 radical (unpaired) electrons. The fourth-order valence-electron chi connectivity index (χ4n) is 1.33. The third-order valence-electron chi connectivity index (χ3n) is 2.17. The quantitative estimate of drug-likeness (QED) is 0.612. The van der Waals surface area contributed by atoms with Gasteiger partial charge >= 0.3 is 12.0 Å². The van der Waals surface area contributed by atoms with Crippen molar-refractivity contribution in [2.45, 2.75) is 6.92 Å². The number of hydrogen-bond acceptors (Lipinski definition) is 5. The summed E-state index contributed by atoms with van der Waals surface area (Å²) in [4.78, 5) is 19.5. The molecule has 2 aromatic rings. The van der Waals surface area contributed by atoms with E-state index in [4.69, 9.17) is 9.47 Å². The van der Waals surface area contributed by atoms with Gasteiger partial charge in [0.1, 0.15) is 5.75 Å². The Hall–Kier alpha value is -1.70. The van der Waals surface area contributed by atoms with E-state index in [1.165, 1.54) is 0 Å². The summed E-state index contributed by atoms with van der Waals surface area (Å²) >= 11 is 2.11. The van der Waals surface area contributed by atoms with E-state index in [9.17, 15) is 4.79 Å². The third kappa shape index (κ3) is 3.88. The molecule has 0 amide bonds. The molecule has 98 valence electrons. The number of ether oxygens (including phenoxy) is 2. The maximum absolute atomic E-state index is 11.5. The van der Waals surface area contributed by atoms with Crippen LogP contribution < -0.4 is 4.74 Å². The summed E-state index contributed by atoms with van der Waals surface area (Å²) in [6.45, 7) is 2.12. The maximum atomic E-state index is 11.5. The number of rotatable bonds is 4. The smallest absolute Gasteiger partial charge is 0.338 e. The molecule has 2 rings (SSSR count). The van der Waals surface area contributed by atoms with Crippen LogP contribution in [0.25, 0.3) is 0 Å². The second-order valence-corrected chi connectivity index (χ2v) is 4.78. The Labute approximate surface area is 124 Å². The first-order chi connectivity index (χ1) is 9.19. The highest BCUT2D eigenvalue weighted by Crippen LogP contribution is 2.18. The average molecular weight is 370 g/mol. The highest BCUT2D eigenvalue weighted by molar-refractivity contribution is 14.1. The minimum Gasteiger partial charge on any atom is -0.462 e. The number of nitrogens with zero attached hydrogens (tertiary/aromatic N) is 2. The number of esters is 1. The first-order valence-corrected chi connectivity index (χ1v) is 6.69. The first-order valence-electron chi connectivity index (χ1n) is 5.61. The van der Waals surface area contributed by atoms with Crippen LogP contribution in [0.15, 0.2) is 36.7 Å². The Bertz CT molecular complexity index is 555. The van der Waals surface area contributed by atoms with Crippen molar-refractivity contribution in [3.05, 3.63) is 45.8 Å². The number of aromatic nitrogens is 2. The van der Waals surface area contributed by atoms with Gasteiger partial charge < -0.3 is 9.47 Å². The molecular weight excluding hydrogens is 359 g/mol. The van der Waals surface area contributed by atoms with Gasteiger partial charge in [0.2, 0.25) is 0 Å². The SMILES string of the molecule is CCOC(=O)c1ccc(Oc2ncc(I)cn2)cc1. The lowest BCUT2D eigenvalue weighted by Gasteiger charge is -2.05. The normalized spacial score (nSPS) is 10.0. The van der Waals surface area contributed by atoms with Crippen LogP contribution in [0.3, 0.4) is 0 Å². The molecule has 5 nitrogen and oxygen atoms in total. The van der Waals surface area contributed by atoms with Crippen molar-refractivity contribution in [3.8, 4) is 11.8 Å². The highest BCUT2D eigenvalue weighted by Gasteiger charge is 2.06. The van der Waals surface area contributed by atoms with E-state index >= 15 is 0 Å². The Balaban J connectivity index is 2.06. The fraction of sp³-hybridized carbons (Fsp3) is 0.154. The molecule has 0 aliphatic rings. The van der Waals surface area contributed by atoms with E-state index in [1.54, 1.807) is 43.6 Å². The Morgan fingerprint density at radius 1 is 1.21 bits per heavy atom.